The Morgan fingerprint density at radius 2 is 0.639 bits per heavy atom. The van der Waals surface area contributed by atoms with E-state index in [0.29, 0.717) is 12.8 Å². The first-order chi connectivity index (χ1) is 35.5. The van der Waals surface area contributed by atoms with Crippen LogP contribution >= 0.6 is 0 Å². The zero-order chi connectivity index (χ0) is 52.2. The van der Waals surface area contributed by atoms with Gasteiger partial charge in [-0.05, 0) is 122 Å². The Labute approximate surface area is 441 Å². The second kappa shape index (κ2) is 58.3. The van der Waals surface area contributed by atoms with Gasteiger partial charge in [0.15, 0.2) is 6.10 Å². The summed E-state index contributed by atoms with van der Waals surface area (Å²) in [4.78, 5) is 38.2. The maximum Gasteiger partial charge on any atom is 0.306 e. The molecule has 0 fully saturated rings. The van der Waals surface area contributed by atoms with E-state index in [1.54, 1.807) is 0 Å². The summed E-state index contributed by atoms with van der Waals surface area (Å²) >= 11 is 0. The van der Waals surface area contributed by atoms with Crippen LogP contribution in [0.25, 0.3) is 0 Å². The second-order valence-electron chi connectivity index (χ2n) is 17.9. The van der Waals surface area contributed by atoms with Crippen molar-refractivity contribution in [1.82, 2.24) is 0 Å². The van der Waals surface area contributed by atoms with Crippen LogP contribution in [0.1, 0.15) is 207 Å². The first-order valence-electron chi connectivity index (χ1n) is 28.2. The molecule has 0 heterocycles. The Kier molecular flexibility index (Phi) is 54.1. The number of esters is 3. The summed E-state index contributed by atoms with van der Waals surface area (Å²) in [5, 5.41) is 0. The van der Waals surface area contributed by atoms with Gasteiger partial charge in [-0.25, -0.2) is 0 Å². The Bertz CT molecular complexity index is 1700. The van der Waals surface area contributed by atoms with Crippen molar-refractivity contribution in [1.29, 1.82) is 0 Å². The highest BCUT2D eigenvalue weighted by atomic mass is 16.6. The lowest BCUT2D eigenvalue weighted by molar-refractivity contribution is -0.167. The molecular formula is C66H100O6. The van der Waals surface area contributed by atoms with E-state index in [-0.39, 0.29) is 44.0 Å². The maximum atomic E-state index is 12.9. The van der Waals surface area contributed by atoms with E-state index in [4.69, 9.17) is 14.2 Å². The van der Waals surface area contributed by atoms with Crippen LogP contribution in [0.3, 0.4) is 0 Å². The van der Waals surface area contributed by atoms with Crippen LogP contribution in [-0.2, 0) is 28.6 Å². The standard InChI is InChI=1S/C66H100O6/c1-4-7-10-13-16-19-22-25-28-31-33-36-38-41-44-47-50-53-56-59-65(68)71-62-63(61-70-64(67)58-55-52-49-46-43-40-37-34-30-27-24-21-18-15-12-9-6-3)72-66(69)60-57-54-51-48-45-42-39-35-32-29-26-23-20-17-14-11-8-5-2/h7,10-11,14,16-21,23,25-30,32-33,35-37,39-41,44,46,49,63H,4-6,8-9,12-13,15,22,24,31,34,38,42-43,45,47-48,50-62H2,1-3H3/b10-7-,14-11-,19-16-,20-17-,21-18-,26-23-,28-25-,30-27-,32-29-,36-33-,39-35-,40-37-,44-41-,49-46-. The third-order valence-corrected chi connectivity index (χ3v) is 11.0. The minimum absolute atomic E-state index is 0.132. The first-order valence-corrected chi connectivity index (χ1v) is 28.2. The number of ether oxygens (including phenoxy) is 3. The first kappa shape index (κ1) is 66.8. The molecule has 6 nitrogen and oxygen atoms in total. The zero-order valence-electron chi connectivity index (χ0n) is 45.6. The summed E-state index contributed by atoms with van der Waals surface area (Å²) < 4.78 is 16.8. The molecule has 72 heavy (non-hydrogen) atoms. The van der Waals surface area contributed by atoms with Crippen LogP contribution in [-0.4, -0.2) is 37.2 Å². The average Bonchev–Trinajstić information content (AvgIpc) is 3.38. The summed E-state index contributed by atoms with van der Waals surface area (Å²) in [5.41, 5.74) is 0. The third-order valence-electron chi connectivity index (χ3n) is 11.0. The van der Waals surface area contributed by atoms with Gasteiger partial charge in [0.25, 0.3) is 0 Å². The number of unbranched alkanes of at least 4 members (excludes halogenated alkanes) is 13. The van der Waals surface area contributed by atoms with Gasteiger partial charge in [0, 0.05) is 19.3 Å². The van der Waals surface area contributed by atoms with Crippen molar-refractivity contribution in [3.8, 4) is 0 Å². The summed E-state index contributed by atoms with van der Waals surface area (Å²) in [7, 11) is 0. The molecule has 0 aliphatic rings. The second-order valence-corrected chi connectivity index (χ2v) is 17.9. The van der Waals surface area contributed by atoms with Crippen molar-refractivity contribution in [2.75, 3.05) is 13.2 Å². The predicted octanol–water partition coefficient (Wildman–Crippen LogP) is 19.1. The fraction of sp³-hybridized carbons (Fsp3) is 0.530. The molecule has 0 aromatic carbocycles. The van der Waals surface area contributed by atoms with Crippen LogP contribution in [0.15, 0.2) is 170 Å². The molecule has 0 saturated carbocycles. The highest BCUT2D eigenvalue weighted by Gasteiger charge is 2.19. The molecule has 6 heteroatoms. The SMILES string of the molecule is CC/C=C\C/C=C\C/C=C\C/C=C\C/C=C\CCCCCC(=O)OCC(COC(=O)CCC/C=C\C/C=C\C/C=C\C/C=C\CCCCC)OC(=O)CCCCCCC\C=C/C=C\C=C/C=C\C=C/CCC. The van der Waals surface area contributed by atoms with Crippen molar-refractivity contribution >= 4 is 17.9 Å². The molecule has 0 bridgehead atoms. The number of allylic oxidation sites excluding steroid dienone is 28. The molecule has 1 unspecified atom stereocenters. The smallest absolute Gasteiger partial charge is 0.306 e. The van der Waals surface area contributed by atoms with E-state index in [1.165, 1.54) is 32.1 Å². The largest absolute Gasteiger partial charge is 0.462 e. The molecule has 0 spiro atoms. The van der Waals surface area contributed by atoms with E-state index in [1.807, 2.05) is 36.5 Å². The van der Waals surface area contributed by atoms with E-state index in [2.05, 4.69) is 154 Å². The highest BCUT2D eigenvalue weighted by Crippen LogP contribution is 2.12. The van der Waals surface area contributed by atoms with E-state index >= 15 is 0 Å². The van der Waals surface area contributed by atoms with Crippen molar-refractivity contribution in [3.63, 3.8) is 0 Å². The molecule has 0 amide bonds. The third kappa shape index (κ3) is 55.7. The number of carbonyl (C=O) groups excluding carboxylic acids is 3. The van der Waals surface area contributed by atoms with Gasteiger partial charge in [0.2, 0.25) is 0 Å². The average molecular weight is 990 g/mol. The maximum absolute atomic E-state index is 12.9. The van der Waals surface area contributed by atoms with Gasteiger partial charge in [-0.1, -0.05) is 236 Å². The van der Waals surface area contributed by atoms with Crippen LogP contribution in [0.4, 0.5) is 0 Å². The van der Waals surface area contributed by atoms with E-state index < -0.39 is 6.10 Å². The zero-order valence-corrected chi connectivity index (χ0v) is 45.6. The molecular weight excluding hydrogens is 889 g/mol. The van der Waals surface area contributed by atoms with Crippen molar-refractivity contribution in [2.24, 2.45) is 0 Å². The lowest BCUT2D eigenvalue weighted by Crippen LogP contribution is -2.30. The van der Waals surface area contributed by atoms with Crippen molar-refractivity contribution < 1.29 is 28.6 Å². The van der Waals surface area contributed by atoms with E-state index in [0.717, 1.165) is 128 Å². The molecule has 0 aliphatic carbocycles. The van der Waals surface area contributed by atoms with Crippen LogP contribution in [0, 0.1) is 0 Å². The van der Waals surface area contributed by atoms with Gasteiger partial charge in [0.05, 0.1) is 0 Å². The van der Waals surface area contributed by atoms with Gasteiger partial charge < -0.3 is 14.2 Å². The fourth-order valence-electron chi connectivity index (χ4n) is 6.84. The number of hydrogen-bond acceptors (Lipinski definition) is 6. The Morgan fingerprint density at radius 1 is 0.306 bits per heavy atom. The van der Waals surface area contributed by atoms with Gasteiger partial charge in [-0.3, -0.25) is 14.4 Å². The summed E-state index contributed by atoms with van der Waals surface area (Å²) in [6.07, 6.45) is 86.2. The lowest BCUT2D eigenvalue weighted by Gasteiger charge is -2.18. The normalized spacial score (nSPS) is 13.4. The monoisotopic (exact) mass is 989 g/mol. The summed E-state index contributed by atoms with van der Waals surface area (Å²) in [6, 6.07) is 0. The predicted molar refractivity (Wildman–Crippen MR) is 311 cm³/mol. The molecule has 0 aromatic heterocycles. The molecule has 0 aliphatic heterocycles. The minimum Gasteiger partial charge on any atom is -0.462 e. The van der Waals surface area contributed by atoms with Crippen LogP contribution < -0.4 is 0 Å². The molecule has 0 N–H and O–H groups in total. The topological polar surface area (TPSA) is 78.9 Å². The number of carbonyl (C=O) groups is 3. The molecule has 0 rings (SSSR count). The highest BCUT2D eigenvalue weighted by molar-refractivity contribution is 5.71. The van der Waals surface area contributed by atoms with Gasteiger partial charge in [-0.2, -0.15) is 0 Å². The van der Waals surface area contributed by atoms with Gasteiger partial charge in [-0.15, -0.1) is 0 Å². The molecule has 400 valence electrons. The Hall–Kier alpha value is -5.23. The Morgan fingerprint density at radius 3 is 1.10 bits per heavy atom. The summed E-state index contributed by atoms with van der Waals surface area (Å²) in [5.74, 6) is -1.06. The number of hydrogen-bond donors (Lipinski definition) is 0. The van der Waals surface area contributed by atoms with Crippen LogP contribution in [0.2, 0.25) is 0 Å². The van der Waals surface area contributed by atoms with Crippen LogP contribution in [0.5, 0.6) is 0 Å². The quantitative estimate of drug-likeness (QED) is 0.0199. The molecule has 0 saturated heterocycles. The van der Waals surface area contributed by atoms with Gasteiger partial charge >= 0.3 is 17.9 Å². The van der Waals surface area contributed by atoms with E-state index in [9.17, 15) is 14.4 Å². The summed E-state index contributed by atoms with van der Waals surface area (Å²) in [6.45, 7) is 6.29. The minimum atomic E-state index is -0.838. The van der Waals surface area contributed by atoms with Gasteiger partial charge in [0.1, 0.15) is 13.2 Å². The van der Waals surface area contributed by atoms with Crippen molar-refractivity contribution in [3.05, 3.63) is 170 Å². The molecule has 0 aromatic rings. The fourth-order valence-corrected chi connectivity index (χ4v) is 6.84. The Balaban J connectivity index is 4.64. The molecule has 0 radical (unpaired) electrons. The molecule has 1 atom stereocenters. The van der Waals surface area contributed by atoms with Crippen molar-refractivity contribution in [2.45, 2.75) is 213 Å². The number of rotatable bonds is 48. The lowest BCUT2D eigenvalue weighted by atomic mass is 10.1.